The van der Waals surface area contributed by atoms with E-state index < -0.39 is 29.3 Å². The Bertz CT molecular complexity index is 1380. The zero-order valence-corrected chi connectivity index (χ0v) is 25.8. The molecule has 2 aromatic heterocycles. The number of hydrogen-bond acceptors (Lipinski definition) is 6. The number of rotatable bonds is 8. The van der Waals surface area contributed by atoms with Crippen molar-refractivity contribution in [2.75, 3.05) is 31.5 Å². The predicted molar refractivity (Wildman–Crippen MR) is 163 cm³/mol. The van der Waals surface area contributed by atoms with Crippen molar-refractivity contribution < 1.29 is 13.2 Å². The summed E-state index contributed by atoms with van der Waals surface area (Å²) in [5.74, 6) is -4.05. The van der Waals surface area contributed by atoms with Crippen LogP contribution in [-0.2, 0) is 5.92 Å². The van der Waals surface area contributed by atoms with Gasteiger partial charge in [0.05, 0.1) is 17.0 Å². The van der Waals surface area contributed by atoms with Gasteiger partial charge in [-0.25, -0.2) is 28.1 Å². The van der Waals surface area contributed by atoms with Gasteiger partial charge < -0.3 is 15.1 Å². The number of piperidine rings is 2. The van der Waals surface area contributed by atoms with Crippen LogP contribution in [0, 0.1) is 18.7 Å². The van der Waals surface area contributed by atoms with Crippen LogP contribution in [0.2, 0.25) is 0 Å². The van der Waals surface area contributed by atoms with Gasteiger partial charge in [0.25, 0.3) is 5.92 Å². The van der Waals surface area contributed by atoms with Gasteiger partial charge in [0.1, 0.15) is 18.0 Å². The number of nitrogens with one attached hydrogen (secondary N) is 1. The van der Waals surface area contributed by atoms with Crippen molar-refractivity contribution in [3.05, 3.63) is 58.8 Å². The van der Waals surface area contributed by atoms with E-state index in [1.54, 1.807) is 13.0 Å². The standard InChI is InChI=1S/C33H45F3N6/c1-20(2)41-14-10-24(11-15-41)27-18-28-31(37-19-38-32(28)40-23(27)6)39-22(5)26-8-7-9-29(30(26)34)33(35,36)25-12-16-42(17-13-25)21(3)4/h7-9,18-22,24-25H,10-17H2,1-6H3,(H,37,38,39,40)/t22-/m1/s1. The summed E-state index contributed by atoms with van der Waals surface area (Å²) in [5, 5.41) is 4.06. The molecular formula is C33H45F3N6. The number of likely N-dealkylation sites (tertiary alicyclic amines) is 2. The molecule has 4 heterocycles. The van der Waals surface area contributed by atoms with Crippen LogP contribution in [0.4, 0.5) is 19.0 Å². The molecule has 2 aliphatic heterocycles. The van der Waals surface area contributed by atoms with Gasteiger partial charge in [-0.3, -0.25) is 0 Å². The molecule has 0 unspecified atom stereocenters. The normalized spacial score (nSPS) is 19.2. The summed E-state index contributed by atoms with van der Waals surface area (Å²) in [6.45, 7) is 15.7. The molecule has 6 nitrogen and oxygen atoms in total. The molecule has 228 valence electrons. The summed E-state index contributed by atoms with van der Waals surface area (Å²) in [7, 11) is 0. The quantitative estimate of drug-likeness (QED) is 0.298. The van der Waals surface area contributed by atoms with Crippen molar-refractivity contribution in [3.63, 3.8) is 0 Å². The van der Waals surface area contributed by atoms with E-state index in [-0.39, 0.29) is 5.56 Å². The number of hydrogen-bond donors (Lipinski definition) is 1. The first kappa shape index (κ1) is 30.7. The topological polar surface area (TPSA) is 57.2 Å². The largest absolute Gasteiger partial charge is 0.363 e. The van der Waals surface area contributed by atoms with E-state index in [9.17, 15) is 0 Å². The molecule has 0 radical (unpaired) electrons. The van der Waals surface area contributed by atoms with Crippen LogP contribution in [0.15, 0.2) is 30.6 Å². The van der Waals surface area contributed by atoms with E-state index in [1.165, 1.54) is 24.0 Å². The number of anilines is 1. The molecule has 42 heavy (non-hydrogen) atoms. The lowest BCUT2D eigenvalue weighted by Gasteiger charge is -2.38. The molecule has 9 heteroatoms. The van der Waals surface area contributed by atoms with Gasteiger partial charge in [-0.2, -0.15) is 0 Å². The maximum Gasteiger partial charge on any atom is 0.278 e. The first-order valence-electron chi connectivity index (χ1n) is 15.5. The number of pyridine rings is 1. The van der Waals surface area contributed by atoms with Gasteiger partial charge in [0, 0.05) is 29.3 Å². The Kier molecular flexibility index (Phi) is 9.09. The maximum atomic E-state index is 15.9. The van der Waals surface area contributed by atoms with Crippen LogP contribution in [0.5, 0.6) is 0 Å². The van der Waals surface area contributed by atoms with E-state index in [0.29, 0.717) is 55.4 Å². The molecule has 1 N–H and O–H groups in total. The zero-order valence-electron chi connectivity index (χ0n) is 25.8. The van der Waals surface area contributed by atoms with Crippen LogP contribution in [0.1, 0.15) is 94.6 Å². The van der Waals surface area contributed by atoms with Crippen LogP contribution in [0.3, 0.4) is 0 Å². The lowest BCUT2D eigenvalue weighted by molar-refractivity contribution is -0.0900. The van der Waals surface area contributed by atoms with Crippen molar-refractivity contribution >= 4 is 16.9 Å². The Morgan fingerprint density at radius 2 is 1.52 bits per heavy atom. The van der Waals surface area contributed by atoms with Gasteiger partial charge in [-0.1, -0.05) is 18.2 Å². The molecule has 0 amide bonds. The Morgan fingerprint density at radius 3 is 2.14 bits per heavy atom. The lowest BCUT2D eigenvalue weighted by Crippen LogP contribution is -2.42. The first-order chi connectivity index (χ1) is 20.0. The maximum absolute atomic E-state index is 15.9. The number of aromatic nitrogens is 3. The highest BCUT2D eigenvalue weighted by molar-refractivity contribution is 5.87. The molecule has 1 aromatic carbocycles. The number of benzene rings is 1. The fourth-order valence-corrected chi connectivity index (χ4v) is 6.77. The fourth-order valence-electron chi connectivity index (χ4n) is 6.77. The molecule has 3 aromatic rings. The minimum absolute atomic E-state index is 0.194. The van der Waals surface area contributed by atoms with Crippen molar-refractivity contribution in [1.29, 1.82) is 0 Å². The monoisotopic (exact) mass is 582 g/mol. The Balaban J connectivity index is 1.38. The van der Waals surface area contributed by atoms with Crippen LogP contribution in [-0.4, -0.2) is 63.0 Å². The number of halogens is 3. The second-order valence-electron chi connectivity index (χ2n) is 12.8. The molecule has 2 fully saturated rings. The molecule has 0 aliphatic carbocycles. The predicted octanol–water partition coefficient (Wildman–Crippen LogP) is 7.45. The molecule has 1 atom stereocenters. The first-order valence-corrected chi connectivity index (χ1v) is 15.5. The van der Waals surface area contributed by atoms with Crippen molar-refractivity contribution in [2.45, 2.75) is 97.2 Å². The van der Waals surface area contributed by atoms with E-state index in [1.807, 2.05) is 6.92 Å². The van der Waals surface area contributed by atoms with Gasteiger partial charge in [0.15, 0.2) is 5.65 Å². The van der Waals surface area contributed by atoms with E-state index in [0.717, 1.165) is 37.0 Å². The minimum atomic E-state index is -3.24. The number of nitrogens with zero attached hydrogens (tertiary/aromatic N) is 5. The molecule has 2 saturated heterocycles. The number of fused-ring (bicyclic) bond motifs is 1. The summed E-state index contributed by atoms with van der Waals surface area (Å²) < 4.78 is 47.3. The molecule has 5 rings (SSSR count). The highest BCUT2D eigenvalue weighted by Crippen LogP contribution is 2.44. The van der Waals surface area contributed by atoms with Crippen molar-refractivity contribution in [2.24, 2.45) is 5.92 Å². The summed E-state index contributed by atoms with van der Waals surface area (Å²) in [6, 6.07) is 6.72. The third-order valence-electron chi connectivity index (χ3n) is 9.53. The van der Waals surface area contributed by atoms with Crippen LogP contribution >= 0.6 is 0 Å². The van der Waals surface area contributed by atoms with Crippen molar-refractivity contribution in [3.8, 4) is 0 Å². The van der Waals surface area contributed by atoms with Gasteiger partial charge in [0.2, 0.25) is 0 Å². The highest BCUT2D eigenvalue weighted by Gasteiger charge is 2.45. The minimum Gasteiger partial charge on any atom is -0.363 e. The zero-order chi connectivity index (χ0) is 30.2. The Labute approximate surface area is 248 Å². The molecular weight excluding hydrogens is 537 g/mol. The van der Waals surface area contributed by atoms with Crippen molar-refractivity contribution in [1.82, 2.24) is 24.8 Å². The van der Waals surface area contributed by atoms with E-state index in [4.69, 9.17) is 4.98 Å². The summed E-state index contributed by atoms with van der Waals surface area (Å²) in [5.41, 5.74) is 2.39. The number of alkyl halides is 2. The summed E-state index contributed by atoms with van der Waals surface area (Å²) >= 11 is 0. The smallest absolute Gasteiger partial charge is 0.278 e. The highest BCUT2D eigenvalue weighted by atomic mass is 19.3. The average molecular weight is 583 g/mol. The second kappa shape index (κ2) is 12.4. The molecule has 2 aliphatic rings. The summed E-state index contributed by atoms with van der Waals surface area (Å²) in [6.07, 6.45) is 4.25. The van der Waals surface area contributed by atoms with Gasteiger partial charge in [-0.15, -0.1) is 0 Å². The van der Waals surface area contributed by atoms with Crippen LogP contribution in [0.25, 0.3) is 11.0 Å². The third kappa shape index (κ3) is 6.13. The molecule has 0 spiro atoms. The summed E-state index contributed by atoms with van der Waals surface area (Å²) in [4.78, 5) is 18.4. The SMILES string of the molecule is Cc1nc2ncnc(N[C@H](C)c3cccc(C(F)(F)C4CCN(C(C)C)CC4)c3F)c2cc1C1CCN(C(C)C)CC1. The van der Waals surface area contributed by atoms with Crippen LogP contribution < -0.4 is 5.32 Å². The second-order valence-corrected chi connectivity index (χ2v) is 12.8. The van der Waals surface area contributed by atoms with E-state index in [2.05, 4.69) is 58.8 Å². The van der Waals surface area contributed by atoms with Gasteiger partial charge in [-0.05, 0) is 111 Å². The van der Waals surface area contributed by atoms with Gasteiger partial charge >= 0.3 is 0 Å². The molecule has 0 saturated carbocycles. The molecule has 0 bridgehead atoms. The third-order valence-corrected chi connectivity index (χ3v) is 9.53. The lowest BCUT2D eigenvalue weighted by atomic mass is 9.85. The number of aryl methyl sites for hydroxylation is 1. The fraction of sp³-hybridized carbons (Fsp3) is 0.606. The van der Waals surface area contributed by atoms with E-state index >= 15 is 13.2 Å². The Hall–Kier alpha value is -2.78. The average Bonchev–Trinajstić information content (AvgIpc) is 2.97. The Morgan fingerprint density at radius 1 is 0.905 bits per heavy atom.